The summed E-state index contributed by atoms with van der Waals surface area (Å²) < 4.78 is 16.1. The van der Waals surface area contributed by atoms with E-state index in [9.17, 15) is 10.1 Å². The van der Waals surface area contributed by atoms with Gasteiger partial charge < -0.3 is 30.2 Å². The average Bonchev–Trinajstić information content (AvgIpc) is 2.98. The second-order valence-corrected chi connectivity index (χ2v) is 12.0. The zero-order chi connectivity index (χ0) is 30.0. The fraction of sp³-hybridized carbons (Fsp3) is 0.613. The van der Waals surface area contributed by atoms with Crippen LogP contribution in [-0.2, 0) is 19.0 Å². The largest absolute Gasteiger partial charge is 0.461 e. The zero-order valence-electron chi connectivity index (χ0n) is 24.8. The maximum Gasteiger partial charge on any atom is 0.332 e. The molecule has 0 unspecified atom stereocenters. The summed E-state index contributed by atoms with van der Waals surface area (Å²) in [6.45, 7) is 7.90. The maximum absolute atomic E-state index is 11.6. The number of anilines is 2. The van der Waals surface area contributed by atoms with E-state index in [4.69, 9.17) is 30.8 Å². The normalized spacial score (nSPS) is 20.9. The number of esters is 1. The number of hydrogen-bond acceptors (Lipinski definition) is 10. The molecule has 0 radical (unpaired) electrons. The number of carbonyl (C=O) groups excluding carboxylic acids is 1. The lowest BCUT2D eigenvalue weighted by Gasteiger charge is -2.32. The number of nitrogens with one attached hydrogen (secondary N) is 3. The van der Waals surface area contributed by atoms with E-state index in [1.807, 2.05) is 38.1 Å². The Morgan fingerprint density at radius 1 is 1.17 bits per heavy atom. The molecule has 2 aliphatic rings. The first-order valence-electron chi connectivity index (χ1n) is 14.9. The molecule has 0 aromatic carbocycles. The minimum absolute atomic E-state index is 0.0228. The van der Waals surface area contributed by atoms with Gasteiger partial charge in [0.25, 0.3) is 0 Å². The van der Waals surface area contributed by atoms with Crippen LogP contribution in [0.2, 0.25) is 5.02 Å². The molecule has 1 aliphatic carbocycles. The predicted octanol–water partition coefficient (Wildman–Crippen LogP) is 5.20. The van der Waals surface area contributed by atoms with Crippen LogP contribution >= 0.6 is 11.6 Å². The zero-order valence-corrected chi connectivity index (χ0v) is 25.6. The Bertz CT molecular complexity index is 1210. The van der Waals surface area contributed by atoms with Crippen LogP contribution in [0.1, 0.15) is 59.3 Å². The molecule has 0 bridgehead atoms. The molecule has 2 fully saturated rings. The third-order valence-electron chi connectivity index (χ3n) is 7.73. The van der Waals surface area contributed by atoms with Crippen LogP contribution < -0.4 is 16.0 Å². The number of nitriles is 1. The highest BCUT2D eigenvalue weighted by Crippen LogP contribution is 2.32. The van der Waals surface area contributed by atoms with Gasteiger partial charge in [0, 0.05) is 49.6 Å². The Morgan fingerprint density at radius 2 is 1.90 bits per heavy atom. The van der Waals surface area contributed by atoms with E-state index < -0.39 is 5.41 Å². The third kappa shape index (κ3) is 9.53. The van der Waals surface area contributed by atoms with E-state index in [1.54, 1.807) is 6.20 Å². The lowest BCUT2D eigenvalue weighted by molar-refractivity contribution is -0.152. The van der Waals surface area contributed by atoms with E-state index in [2.05, 4.69) is 33.9 Å². The van der Waals surface area contributed by atoms with Crippen molar-refractivity contribution in [3.8, 4) is 17.3 Å². The number of carbonyl (C=O) groups is 1. The van der Waals surface area contributed by atoms with Crippen LogP contribution in [0, 0.1) is 16.7 Å². The van der Waals surface area contributed by atoms with Gasteiger partial charge in [-0.3, -0.25) is 0 Å². The van der Waals surface area contributed by atoms with Crippen molar-refractivity contribution < 1.29 is 19.0 Å². The number of hydrogen-bond donors (Lipinski definition) is 3. The monoisotopic (exact) mass is 598 g/mol. The third-order valence-corrected chi connectivity index (χ3v) is 8.03. The molecule has 0 spiro atoms. The van der Waals surface area contributed by atoms with Crippen LogP contribution in [0.15, 0.2) is 30.5 Å². The van der Waals surface area contributed by atoms with Gasteiger partial charge >= 0.3 is 5.97 Å². The fourth-order valence-corrected chi connectivity index (χ4v) is 5.63. The Kier molecular flexibility index (Phi) is 11.8. The van der Waals surface area contributed by atoms with Crippen LogP contribution in [0.25, 0.3) is 11.3 Å². The van der Waals surface area contributed by atoms with Gasteiger partial charge in [-0.25, -0.2) is 14.8 Å². The van der Waals surface area contributed by atoms with Crippen molar-refractivity contribution in [2.45, 2.75) is 83.5 Å². The summed E-state index contributed by atoms with van der Waals surface area (Å²) in [5, 5.41) is 20.9. The van der Waals surface area contributed by atoms with E-state index in [0.717, 1.165) is 42.8 Å². The molecule has 1 saturated carbocycles. The number of halogens is 1. The first-order valence-corrected chi connectivity index (χ1v) is 15.3. The van der Waals surface area contributed by atoms with Gasteiger partial charge in [0.2, 0.25) is 0 Å². The topological polar surface area (TPSA) is 130 Å². The quantitative estimate of drug-likeness (QED) is 0.264. The van der Waals surface area contributed by atoms with Crippen molar-refractivity contribution in [2.75, 3.05) is 43.6 Å². The van der Waals surface area contributed by atoms with Crippen molar-refractivity contribution in [1.82, 2.24) is 15.3 Å². The summed E-state index contributed by atoms with van der Waals surface area (Å²) in [6.07, 6.45) is 7.04. The van der Waals surface area contributed by atoms with Gasteiger partial charge in [-0.15, -0.1) is 0 Å². The molecule has 3 heterocycles. The number of rotatable bonds is 13. The van der Waals surface area contributed by atoms with Crippen molar-refractivity contribution in [1.29, 1.82) is 5.26 Å². The van der Waals surface area contributed by atoms with Crippen LogP contribution in [0.5, 0.6) is 0 Å². The number of ether oxygens (including phenoxy) is 3. The van der Waals surface area contributed by atoms with Crippen molar-refractivity contribution >= 4 is 29.2 Å². The standard InChI is InChI=1S/C31H43ClN6O4/c1-21(2)42-30(39)18-41-17-22(3)36-23-7-9-24(10-8-23)37-29-15-25(26(32)16-34-29)27-5-4-6-28(38-27)35-20-31(19-33)11-13-40-14-12-31/h4-6,15-16,21-24,36H,7-14,17-18,20H2,1-3H3,(H,34,37)(H,35,38)/t22-,23-,24-/m1/s1. The number of nitrogens with zero attached hydrogens (tertiary/aromatic N) is 3. The Balaban J connectivity index is 1.26. The summed E-state index contributed by atoms with van der Waals surface area (Å²) in [5.41, 5.74) is 1.11. The molecule has 0 amide bonds. The maximum atomic E-state index is 11.6. The fourth-order valence-electron chi connectivity index (χ4n) is 5.43. The number of pyridine rings is 2. The minimum atomic E-state index is -0.440. The molecule has 2 aromatic heterocycles. The molecule has 1 atom stereocenters. The summed E-state index contributed by atoms with van der Waals surface area (Å²) in [4.78, 5) is 21.0. The molecular formula is C31H43ClN6O4. The van der Waals surface area contributed by atoms with Gasteiger partial charge in [-0.1, -0.05) is 17.7 Å². The Morgan fingerprint density at radius 3 is 2.62 bits per heavy atom. The van der Waals surface area contributed by atoms with Gasteiger partial charge in [0.05, 0.1) is 34.9 Å². The lowest BCUT2D eigenvalue weighted by atomic mass is 9.82. The molecule has 228 valence electrons. The lowest BCUT2D eigenvalue weighted by Crippen LogP contribution is -2.43. The molecule has 2 aromatic rings. The highest BCUT2D eigenvalue weighted by atomic mass is 35.5. The first kappa shape index (κ1) is 32.0. The molecule has 3 N–H and O–H groups in total. The van der Waals surface area contributed by atoms with Crippen LogP contribution in [0.4, 0.5) is 11.6 Å². The summed E-state index contributed by atoms with van der Waals surface area (Å²) in [7, 11) is 0. The van der Waals surface area contributed by atoms with E-state index in [0.29, 0.717) is 62.1 Å². The first-order chi connectivity index (χ1) is 20.2. The molecule has 42 heavy (non-hydrogen) atoms. The van der Waals surface area contributed by atoms with Crippen molar-refractivity contribution in [2.24, 2.45) is 5.41 Å². The summed E-state index contributed by atoms with van der Waals surface area (Å²) in [6, 6.07) is 11.1. The molecule has 1 saturated heterocycles. The molecule has 11 heteroatoms. The van der Waals surface area contributed by atoms with Gasteiger partial charge in [0.1, 0.15) is 18.2 Å². The van der Waals surface area contributed by atoms with E-state index in [1.165, 1.54) is 0 Å². The highest BCUT2D eigenvalue weighted by molar-refractivity contribution is 6.33. The Labute approximate surface area is 253 Å². The molecule has 10 nitrogen and oxygen atoms in total. The van der Waals surface area contributed by atoms with Crippen LogP contribution in [-0.4, -0.2) is 73.1 Å². The second-order valence-electron chi connectivity index (χ2n) is 11.6. The average molecular weight is 599 g/mol. The highest BCUT2D eigenvalue weighted by Gasteiger charge is 2.32. The predicted molar refractivity (Wildman–Crippen MR) is 163 cm³/mol. The summed E-state index contributed by atoms with van der Waals surface area (Å²) >= 11 is 6.56. The van der Waals surface area contributed by atoms with Gasteiger partial charge in [0.15, 0.2) is 0 Å². The Hall–Kier alpha value is -2.97. The SMILES string of the molecule is CC(C)OC(=O)COC[C@@H](C)N[C@H]1CC[C@H](Nc2cc(-c3cccc(NCC4(C#N)CCOCC4)n3)c(Cl)cn2)CC1. The van der Waals surface area contributed by atoms with E-state index >= 15 is 0 Å². The molecule has 1 aliphatic heterocycles. The number of aromatic nitrogens is 2. The van der Waals surface area contributed by atoms with Crippen LogP contribution in [0.3, 0.4) is 0 Å². The molecule has 4 rings (SSSR count). The summed E-state index contributed by atoms with van der Waals surface area (Å²) in [5.74, 6) is 1.14. The molecular weight excluding hydrogens is 556 g/mol. The van der Waals surface area contributed by atoms with Gasteiger partial charge in [-0.2, -0.15) is 5.26 Å². The smallest absolute Gasteiger partial charge is 0.332 e. The van der Waals surface area contributed by atoms with Crippen molar-refractivity contribution in [3.05, 3.63) is 35.5 Å². The van der Waals surface area contributed by atoms with E-state index in [-0.39, 0.29) is 24.7 Å². The second kappa shape index (κ2) is 15.5. The van der Waals surface area contributed by atoms with Crippen molar-refractivity contribution in [3.63, 3.8) is 0 Å². The van der Waals surface area contributed by atoms with Gasteiger partial charge in [-0.05, 0) is 77.5 Å². The minimum Gasteiger partial charge on any atom is -0.461 e.